The number of nitrogen functional groups attached to an aromatic ring is 1. The van der Waals surface area contributed by atoms with Crippen LogP contribution in [0.4, 0.5) is 11.8 Å². The molecule has 3 aromatic rings. The number of nitrogens with one attached hydrogen (secondary N) is 1. The van der Waals surface area contributed by atoms with E-state index in [-0.39, 0.29) is 5.95 Å². The van der Waals surface area contributed by atoms with Crippen LogP contribution in [-0.2, 0) is 6.42 Å². The summed E-state index contributed by atoms with van der Waals surface area (Å²) in [6.07, 6.45) is 3.54. The van der Waals surface area contributed by atoms with Crippen LogP contribution >= 0.6 is 0 Å². The first-order chi connectivity index (χ1) is 12.1. The summed E-state index contributed by atoms with van der Waals surface area (Å²) < 4.78 is 0. The fraction of sp³-hybridized carbons (Fsp3) is 0.294. The van der Waals surface area contributed by atoms with E-state index in [2.05, 4.69) is 24.8 Å². The van der Waals surface area contributed by atoms with Gasteiger partial charge in [-0.3, -0.25) is 4.79 Å². The molecule has 8 nitrogen and oxygen atoms in total. The van der Waals surface area contributed by atoms with Crippen molar-refractivity contribution in [2.45, 2.75) is 12.8 Å². The molecule has 1 amide bonds. The second-order valence-corrected chi connectivity index (χ2v) is 6.38. The summed E-state index contributed by atoms with van der Waals surface area (Å²) in [5, 5.41) is 0. The lowest BCUT2D eigenvalue weighted by Gasteiger charge is -2.18. The first kappa shape index (κ1) is 15.4. The quantitative estimate of drug-likeness (QED) is 0.654. The molecule has 1 unspecified atom stereocenters. The van der Waals surface area contributed by atoms with Gasteiger partial charge in [0.05, 0.1) is 6.33 Å². The highest BCUT2D eigenvalue weighted by Crippen LogP contribution is 2.29. The average molecular weight is 337 g/mol. The third-order valence-corrected chi connectivity index (χ3v) is 4.61. The molecule has 1 aliphatic rings. The van der Waals surface area contributed by atoms with Crippen molar-refractivity contribution in [1.29, 1.82) is 0 Å². The average Bonchev–Trinajstić information content (AvgIpc) is 3.23. The number of benzene rings is 1. The van der Waals surface area contributed by atoms with Gasteiger partial charge in [0.1, 0.15) is 5.52 Å². The summed E-state index contributed by atoms with van der Waals surface area (Å²) in [5.41, 5.74) is 14.2. The highest BCUT2D eigenvalue weighted by atomic mass is 16.1. The van der Waals surface area contributed by atoms with Gasteiger partial charge in [-0.05, 0) is 36.5 Å². The van der Waals surface area contributed by atoms with Gasteiger partial charge >= 0.3 is 0 Å². The van der Waals surface area contributed by atoms with Crippen molar-refractivity contribution in [3.05, 3.63) is 41.7 Å². The van der Waals surface area contributed by atoms with Crippen molar-refractivity contribution in [1.82, 2.24) is 19.9 Å². The Morgan fingerprint density at radius 3 is 3.08 bits per heavy atom. The molecule has 0 aliphatic carbocycles. The number of amides is 1. The van der Waals surface area contributed by atoms with E-state index in [4.69, 9.17) is 11.5 Å². The van der Waals surface area contributed by atoms with Gasteiger partial charge in [0.2, 0.25) is 11.9 Å². The topological polar surface area (TPSA) is 127 Å². The van der Waals surface area contributed by atoms with Gasteiger partial charge in [-0.1, -0.05) is 12.1 Å². The number of fused-ring (bicyclic) bond motifs is 1. The molecule has 1 aromatic carbocycles. The fourth-order valence-electron chi connectivity index (χ4n) is 3.44. The van der Waals surface area contributed by atoms with Crippen molar-refractivity contribution in [3.63, 3.8) is 0 Å². The monoisotopic (exact) mass is 337 g/mol. The maximum absolute atomic E-state index is 11.3. The second kappa shape index (κ2) is 6.04. The van der Waals surface area contributed by atoms with Crippen LogP contribution in [0.25, 0.3) is 11.2 Å². The van der Waals surface area contributed by atoms with Gasteiger partial charge in [0.25, 0.3) is 0 Å². The zero-order chi connectivity index (χ0) is 17.4. The fourth-order valence-corrected chi connectivity index (χ4v) is 3.44. The van der Waals surface area contributed by atoms with Crippen LogP contribution in [0.5, 0.6) is 0 Å². The molecule has 1 saturated heterocycles. The number of nitrogens with two attached hydrogens (primary N) is 2. The van der Waals surface area contributed by atoms with Crippen molar-refractivity contribution in [2.24, 2.45) is 11.7 Å². The Hall–Kier alpha value is -3.16. The van der Waals surface area contributed by atoms with Gasteiger partial charge in [-0.2, -0.15) is 9.97 Å². The van der Waals surface area contributed by atoms with E-state index in [0.717, 1.165) is 42.8 Å². The van der Waals surface area contributed by atoms with Crippen molar-refractivity contribution in [3.8, 4) is 0 Å². The van der Waals surface area contributed by atoms with E-state index >= 15 is 0 Å². The molecule has 0 bridgehead atoms. The minimum absolute atomic E-state index is 0.229. The summed E-state index contributed by atoms with van der Waals surface area (Å²) in [4.78, 5) is 29.3. The van der Waals surface area contributed by atoms with Crippen LogP contribution in [0.3, 0.4) is 0 Å². The number of primary amides is 1. The Bertz CT molecular complexity index is 936. The number of rotatable bonds is 4. The zero-order valence-electron chi connectivity index (χ0n) is 13.6. The Morgan fingerprint density at radius 2 is 2.24 bits per heavy atom. The maximum atomic E-state index is 11.3. The van der Waals surface area contributed by atoms with E-state index < -0.39 is 5.91 Å². The standard InChI is InChI=1S/C17H19N7O/c18-14(25)12-3-1-2-10(7-12)6-11-4-5-24(8-11)16-13-15(21-9-20-13)22-17(19)23-16/h1-3,7,9,11H,4-6,8H2,(H2,18,25)(H3,19,20,21,22,23). The minimum atomic E-state index is -0.395. The maximum Gasteiger partial charge on any atom is 0.248 e. The summed E-state index contributed by atoms with van der Waals surface area (Å²) in [5.74, 6) is 1.10. The Morgan fingerprint density at radius 1 is 1.36 bits per heavy atom. The largest absolute Gasteiger partial charge is 0.368 e. The van der Waals surface area contributed by atoms with E-state index in [0.29, 0.717) is 17.1 Å². The van der Waals surface area contributed by atoms with Crippen LogP contribution in [0.1, 0.15) is 22.3 Å². The molecule has 1 fully saturated rings. The Kier molecular flexibility index (Phi) is 3.72. The second-order valence-electron chi connectivity index (χ2n) is 6.38. The van der Waals surface area contributed by atoms with E-state index in [9.17, 15) is 4.79 Å². The lowest BCUT2D eigenvalue weighted by atomic mass is 9.97. The number of hydrogen-bond acceptors (Lipinski definition) is 6. The van der Waals surface area contributed by atoms with Gasteiger partial charge in [-0.25, -0.2) is 4.98 Å². The molecule has 1 aliphatic heterocycles. The number of aromatic amines is 1. The van der Waals surface area contributed by atoms with E-state index in [1.165, 1.54) is 0 Å². The summed E-state index contributed by atoms with van der Waals surface area (Å²) >= 11 is 0. The van der Waals surface area contributed by atoms with Crippen LogP contribution in [0.2, 0.25) is 0 Å². The van der Waals surface area contributed by atoms with Crippen LogP contribution in [0.15, 0.2) is 30.6 Å². The molecule has 2 aromatic heterocycles. The van der Waals surface area contributed by atoms with Gasteiger partial charge in [0.15, 0.2) is 11.5 Å². The summed E-state index contributed by atoms with van der Waals surface area (Å²) in [6, 6.07) is 7.53. The van der Waals surface area contributed by atoms with E-state index in [1.54, 1.807) is 12.4 Å². The molecule has 0 saturated carbocycles. The predicted octanol–water partition coefficient (Wildman–Crippen LogP) is 1.10. The minimum Gasteiger partial charge on any atom is -0.368 e. The van der Waals surface area contributed by atoms with Crippen molar-refractivity contribution >= 4 is 28.8 Å². The normalized spacial score (nSPS) is 17.3. The molecule has 8 heteroatoms. The molecule has 0 radical (unpaired) electrons. The Labute approximate surface area is 144 Å². The molecule has 128 valence electrons. The predicted molar refractivity (Wildman–Crippen MR) is 95.1 cm³/mol. The molecule has 25 heavy (non-hydrogen) atoms. The summed E-state index contributed by atoms with van der Waals surface area (Å²) in [6.45, 7) is 1.76. The van der Waals surface area contributed by atoms with Crippen molar-refractivity contribution in [2.75, 3.05) is 23.7 Å². The number of carbonyl (C=O) groups excluding carboxylic acids is 1. The molecule has 3 heterocycles. The van der Waals surface area contributed by atoms with E-state index in [1.807, 2.05) is 18.2 Å². The van der Waals surface area contributed by atoms with Gasteiger partial charge < -0.3 is 21.4 Å². The molecular formula is C17H19N7O. The lowest BCUT2D eigenvalue weighted by molar-refractivity contribution is 0.1000. The lowest BCUT2D eigenvalue weighted by Crippen LogP contribution is -2.22. The molecule has 4 rings (SSSR count). The first-order valence-electron chi connectivity index (χ1n) is 8.20. The highest BCUT2D eigenvalue weighted by Gasteiger charge is 2.26. The number of hydrogen-bond donors (Lipinski definition) is 3. The molecular weight excluding hydrogens is 318 g/mol. The SMILES string of the molecule is NC(=O)c1cccc(CC2CCN(c3nc(N)nc4nc[nH]c34)C2)c1. The number of aromatic nitrogens is 4. The van der Waals surface area contributed by atoms with Gasteiger partial charge in [0, 0.05) is 18.7 Å². The van der Waals surface area contributed by atoms with Crippen LogP contribution in [-0.4, -0.2) is 38.9 Å². The van der Waals surface area contributed by atoms with Crippen molar-refractivity contribution < 1.29 is 4.79 Å². The van der Waals surface area contributed by atoms with Crippen LogP contribution in [0, 0.1) is 5.92 Å². The number of anilines is 2. The van der Waals surface area contributed by atoms with Gasteiger partial charge in [-0.15, -0.1) is 0 Å². The number of carbonyl (C=O) groups is 1. The number of imidazole rings is 1. The van der Waals surface area contributed by atoms with Crippen LogP contribution < -0.4 is 16.4 Å². The summed E-state index contributed by atoms with van der Waals surface area (Å²) in [7, 11) is 0. The third kappa shape index (κ3) is 2.98. The number of nitrogens with zero attached hydrogens (tertiary/aromatic N) is 4. The molecule has 1 atom stereocenters. The highest BCUT2D eigenvalue weighted by molar-refractivity contribution is 5.92. The Balaban J connectivity index is 1.52. The molecule has 5 N–H and O–H groups in total. The molecule has 0 spiro atoms. The number of H-pyrrole nitrogens is 1. The third-order valence-electron chi connectivity index (χ3n) is 4.61. The smallest absolute Gasteiger partial charge is 0.248 e. The first-order valence-corrected chi connectivity index (χ1v) is 8.20. The zero-order valence-corrected chi connectivity index (χ0v) is 13.6.